The zero-order valence-corrected chi connectivity index (χ0v) is 17.6. The Bertz CT molecular complexity index is 837. The SMILES string of the molecule is COC(=O)[C@H]1C(=O)N(C2CCCCC2)[C@@H]1C(OC)(c1ccccc1)c1ccccc1. The number of likely N-dealkylation sites (tertiary alicyclic amines) is 1. The first kappa shape index (κ1) is 20.6. The Hall–Kier alpha value is -2.66. The summed E-state index contributed by atoms with van der Waals surface area (Å²) in [5.74, 6) is -1.52. The Kier molecular flexibility index (Phi) is 5.91. The number of hydrogen-bond acceptors (Lipinski definition) is 4. The van der Waals surface area contributed by atoms with Crippen molar-refractivity contribution in [2.45, 2.75) is 49.8 Å². The van der Waals surface area contributed by atoms with Crippen molar-refractivity contribution in [2.24, 2.45) is 5.92 Å². The Balaban J connectivity index is 1.89. The monoisotopic (exact) mass is 407 g/mol. The summed E-state index contributed by atoms with van der Waals surface area (Å²) in [7, 11) is 3.01. The average molecular weight is 408 g/mol. The highest BCUT2D eigenvalue weighted by Gasteiger charge is 2.64. The van der Waals surface area contributed by atoms with E-state index in [1.165, 1.54) is 13.5 Å². The maximum Gasteiger partial charge on any atom is 0.320 e. The van der Waals surface area contributed by atoms with E-state index in [1.807, 2.05) is 65.6 Å². The molecule has 0 unspecified atom stereocenters. The first-order valence-corrected chi connectivity index (χ1v) is 10.7. The van der Waals surface area contributed by atoms with E-state index in [4.69, 9.17) is 9.47 Å². The number of esters is 1. The number of hydrogen-bond donors (Lipinski definition) is 0. The van der Waals surface area contributed by atoms with E-state index in [1.54, 1.807) is 7.11 Å². The van der Waals surface area contributed by atoms with Crippen molar-refractivity contribution in [1.29, 1.82) is 0 Å². The molecule has 1 saturated carbocycles. The third-order valence-corrected chi connectivity index (χ3v) is 6.70. The molecule has 1 saturated heterocycles. The summed E-state index contributed by atoms with van der Waals surface area (Å²) in [6, 6.07) is 19.5. The molecule has 158 valence electrons. The molecule has 2 aromatic rings. The zero-order chi connectivity index (χ0) is 21.1. The first-order valence-electron chi connectivity index (χ1n) is 10.7. The van der Waals surface area contributed by atoms with Gasteiger partial charge in [0.25, 0.3) is 0 Å². The topological polar surface area (TPSA) is 55.8 Å². The van der Waals surface area contributed by atoms with Crippen LogP contribution in [0.1, 0.15) is 43.2 Å². The van der Waals surface area contributed by atoms with Crippen LogP contribution < -0.4 is 0 Å². The third kappa shape index (κ3) is 3.21. The average Bonchev–Trinajstić information content (AvgIpc) is 2.81. The van der Waals surface area contributed by atoms with E-state index in [2.05, 4.69) is 0 Å². The molecule has 0 spiro atoms. The van der Waals surface area contributed by atoms with Gasteiger partial charge in [0.1, 0.15) is 5.60 Å². The Morgan fingerprint density at radius 3 is 1.90 bits per heavy atom. The van der Waals surface area contributed by atoms with Crippen molar-refractivity contribution >= 4 is 11.9 Å². The molecule has 0 bridgehead atoms. The molecule has 2 fully saturated rings. The lowest BCUT2D eigenvalue weighted by molar-refractivity contribution is -0.195. The number of carbonyl (C=O) groups is 2. The molecule has 4 rings (SSSR count). The maximum atomic E-state index is 13.3. The fraction of sp³-hybridized carbons (Fsp3) is 0.440. The Morgan fingerprint density at radius 1 is 0.900 bits per heavy atom. The number of carbonyl (C=O) groups excluding carboxylic acids is 2. The third-order valence-electron chi connectivity index (χ3n) is 6.70. The Morgan fingerprint density at radius 2 is 1.43 bits per heavy atom. The van der Waals surface area contributed by atoms with Gasteiger partial charge in [0.2, 0.25) is 5.91 Å². The van der Waals surface area contributed by atoms with Crippen LogP contribution in [0.4, 0.5) is 0 Å². The van der Waals surface area contributed by atoms with E-state index in [-0.39, 0.29) is 11.9 Å². The van der Waals surface area contributed by atoms with Crippen molar-refractivity contribution in [3.05, 3.63) is 71.8 Å². The van der Waals surface area contributed by atoms with Gasteiger partial charge in [0.05, 0.1) is 13.2 Å². The standard InChI is InChI=1S/C25H29NO4/c1-29-24(28)21-22(26(23(21)27)20-16-10-5-11-17-20)25(30-2,18-12-6-3-7-13-18)19-14-8-4-9-15-19/h3-4,6-9,12-15,20-22H,5,10-11,16-17H2,1-2H3/t21-,22+/m1/s1. The van der Waals surface area contributed by atoms with Crippen LogP contribution in [-0.2, 0) is 24.7 Å². The van der Waals surface area contributed by atoms with Crippen molar-refractivity contribution in [3.8, 4) is 0 Å². The fourth-order valence-corrected chi connectivity index (χ4v) is 5.30. The molecule has 5 nitrogen and oxygen atoms in total. The molecule has 1 amide bonds. The molecule has 2 atom stereocenters. The summed E-state index contributed by atoms with van der Waals surface area (Å²) in [5, 5.41) is 0. The highest BCUT2D eigenvalue weighted by molar-refractivity contribution is 6.04. The summed E-state index contributed by atoms with van der Waals surface area (Å²) < 4.78 is 11.4. The van der Waals surface area contributed by atoms with Crippen LogP contribution in [0.25, 0.3) is 0 Å². The number of amides is 1. The van der Waals surface area contributed by atoms with Crippen LogP contribution in [0.2, 0.25) is 0 Å². The van der Waals surface area contributed by atoms with Crippen LogP contribution in [0.15, 0.2) is 60.7 Å². The number of β-lactam (4-membered cyclic amide) rings is 1. The molecule has 2 aliphatic rings. The minimum absolute atomic E-state index is 0.124. The largest absolute Gasteiger partial charge is 0.468 e. The van der Waals surface area contributed by atoms with E-state index in [0.29, 0.717) is 0 Å². The molecule has 1 aliphatic carbocycles. The molecule has 1 heterocycles. The second-order valence-corrected chi connectivity index (χ2v) is 8.15. The molecule has 30 heavy (non-hydrogen) atoms. The van der Waals surface area contributed by atoms with Gasteiger partial charge in [0.15, 0.2) is 5.92 Å². The lowest BCUT2D eigenvalue weighted by Crippen LogP contribution is -2.74. The molecular weight excluding hydrogens is 378 g/mol. The van der Waals surface area contributed by atoms with Crippen LogP contribution in [0.5, 0.6) is 0 Å². The van der Waals surface area contributed by atoms with Crippen molar-refractivity contribution in [2.75, 3.05) is 14.2 Å². The first-order chi connectivity index (χ1) is 14.6. The molecule has 0 aromatic heterocycles. The lowest BCUT2D eigenvalue weighted by Gasteiger charge is -2.57. The predicted molar refractivity (Wildman–Crippen MR) is 114 cm³/mol. The highest BCUT2D eigenvalue weighted by Crippen LogP contribution is 2.49. The van der Waals surface area contributed by atoms with Gasteiger partial charge >= 0.3 is 5.97 Å². The zero-order valence-electron chi connectivity index (χ0n) is 17.6. The van der Waals surface area contributed by atoms with Gasteiger partial charge in [-0.3, -0.25) is 9.59 Å². The van der Waals surface area contributed by atoms with Gasteiger partial charge in [0, 0.05) is 13.2 Å². The van der Waals surface area contributed by atoms with E-state index < -0.39 is 23.5 Å². The maximum absolute atomic E-state index is 13.3. The van der Waals surface area contributed by atoms with Gasteiger partial charge in [-0.2, -0.15) is 0 Å². The van der Waals surface area contributed by atoms with Crippen LogP contribution in [-0.4, -0.2) is 43.1 Å². The van der Waals surface area contributed by atoms with Crippen molar-refractivity contribution < 1.29 is 19.1 Å². The number of benzene rings is 2. The van der Waals surface area contributed by atoms with Gasteiger partial charge < -0.3 is 14.4 Å². The smallest absolute Gasteiger partial charge is 0.320 e. The van der Waals surface area contributed by atoms with Gasteiger partial charge in [-0.05, 0) is 24.0 Å². The number of rotatable bonds is 6. The van der Waals surface area contributed by atoms with Crippen LogP contribution in [0.3, 0.4) is 0 Å². The van der Waals surface area contributed by atoms with Crippen molar-refractivity contribution in [1.82, 2.24) is 4.90 Å². The number of ether oxygens (including phenoxy) is 2. The van der Waals surface area contributed by atoms with Crippen LogP contribution in [0, 0.1) is 5.92 Å². The minimum Gasteiger partial charge on any atom is -0.468 e. The summed E-state index contributed by atoms with van der Waals surface area (Å²) >= 11 is 0. The second-order valence-electron chi connectivity index (χ2n) is 8.15. The molecular formula is C25H29NO4. The number of methoxy groups -OCH3 is 2. The lowest BCUT2D eigenvalue weighted by atomic mass is 9.67. The summed E-state index contributed by atoms with van der Waals surface area (Å²) in [6.45, 7) is 0. The van der Waals surface area contributed by atoms with Gasteiger partial charge in [-0.1, -0.05) is 79.9 Å². The normalized spacial score (nSPS) is 22.5. The van der Waals surface area contributed by atoms with E-state index in [9.17, 15) is 9.59 Å². The molecule has 0 radical (unpaired) electrons. The quantitative estimate of drug-likeness (QED) is 0.414. The fourth-order valence-electron chi connectivity index (χ4n) is 5.30. The van der Waals surface area contributed by atoms with Gasteiger partial charge in [-0.15, -0.1) is 0 Å². The minimum atomic E-state index is -0.966. The van der Waals surface area contributed by atoms with E-state index >= 15 is 0 Å². The predicted octanol–water partition coefficient (Wildman–Crippen LogP) is 3.91. The molecule has 1 aliphatic heterocycles. The van der Waals surface area contributed by atoms with E-state index in [0.717, 1.165) is 36.8 Å². The summed E-state index contributed by atoms with van der Waals surface area (Å²) in [4.78, 5) is 27.9. The van der Waals surface area contributed by atoms with Gasteiger partial charge in [-0.25, -0.2) is 0 Å². The second kappa shape index (κ2) is 8.60. The van der Waals surface area contributed by atoms with Crippen molar-refractivity contribution in [3.63, 3.8) is 0 Å². The van der Waals surface area contributed by atoms with Crippen LogP contribution >= 0.6 is 0 Å². The highest BCUT2D eigenvalue weighted by atomic mass is 16.5. The molecule has 5 heteroatoms. The molecule has 2 aromatic carbocycles. The molecule has 0 N–H and O–H groups in total. The summed E-state index contributed by atoms with van der Waals surface area (Å²) in [6.07, 6.45) is 5.30. The Labute approximate surface area is 178 Å². The summed E-state index contributed by atoms with van der Waals surface area (Å²) in [5.41, 5.74) is 0.879. The number of nitrogens with zero attached hydrogens (tertiary/aromatic N) is 1.